The Morgan fingerprint density at radius 3 is 2.45 bits per heavy atom. The molecule has 1 saturated heterocycles. The Balaban J connectivity index is 2.02. The van der Waals surface area contributed by atoms with Crippen molar-refractivity contribution in [2.24, 2.45) is 0 Å². The highest BCUT2D eigenvalue weighted by atomic mass is 19.4. The number of hydrogen-bond acceptors (Lipinski definition) is 4. The summed E-state index contributed by atoms with van der Waals surface area (Å²) >= 11 is 0. The van der Waals surface area contributed by atoms with E-state index in [9.17, 15) is 18.0 Å². The van der Waals surface area contributed by atoms with E-state index < -0.39 is 17.8 Å². The summed E-state index contributed by atoms with van der Waals surface area (Å²) < 4.78 is 37.8. The molecule has 1 aromatic heterocycles. The Morgan fingerprint density at radius 2 is 1.90 bits per heavy atom. The van der Waals surface area contributed by atoms with Gasteiger partial charge in [0.05, 0.1) is 6.54 Å². The molecule has 0 aliphatic carbocycles. The summed E-state index contributed by atoms with van der Waals surface area (Å²) in [5.41, 5.74) is -0.914. The van der Waals surface area contributed by atoms with Crippen LogP contribution in [0, 0.1) is 0 Å². The average molecular weight is 289 g/mol. The number of halogens is 3. The van der Waals surface area contributed by atoms with Crippen LogP contribution in [0.25, 0.3) is 0 Å². The van der Waals surface area contributed by atoms with Crippen LogP contribution in [-0.2, 0) is 11.0 Å². The molecule has 8 heteroatoms. The second-order valence-corrected chi connectivity index (χ2v) is 4.54. The normalized spacial score (nSPS) is 17.2. The number of pyridine rings is 1. The van der Waals surface area contributed by atoms with E-state index in [1.807, 2.05) is 0 Å². The number of carbonyl (C=O) groups is 1. The van der Waals surface area contributed by atoms with Crippen molar-refractivity contribution in [3.8, 4) is 0 Å². The predicted octanol–water partition coefficient (Wildman–Crippen LogP) is 1.31. The van der Waals surface area contributed by atoms with Crippen molar-refractivity contribution in [1.29, 1.82) is 0 Å². The lowest BCUT2D eigenvalue weighted by Crippen LogP contribution is -2.48. The Morgan fingerprint density at radius 1 is 1.25 bits per heavy atom. The lowest BCUT2D eigenvalue weighted by Gasteiger charge is -2.34. The predicted molar refractivity (Wildman–Crippen MR) is 65.5 cm³/mol. The summed E-state index contributed by atoms with van der Waals surface area (Å²) in [6.07, 6.45) is -4.46. The second-order valence-electron chi connectivity index (χ2n) is 4.54. The van der Waals surface area contributed by atoms with Crippen LogP contribution in [0.3, 0.4) is 0 Å². The van der Waals surface area contributed by atoms with Crippen LogP contribution in [0.5, 0.6) is 0 Å². The van der Waals surface area contributed by atoms with Gasteiger partial charge >= 0.3 is 12.1 Å². The van der Waals surface area contributed by atoms with E-state index in [1.165, 1.54) is 12.1 Å². The van der Waals surface area contributed by atoms with Crippen LogP contribution in [0.1, 0.15) is 5.69 Å². The number of piperazine rings is 1. The number of aliphatic carboxylic acids is 1. The SMILES string of the molecule is O=C(O)CN1CCN(c2cccc(C(F)(F)F)n2)CC1. The van der Waals surface area contributed by atoms with Crippen molar-refractivity contribution < 1.29 is 23.1 Å². The topological polar surface area (TPSA) is 56.7 Å². The number of nitrogens with zero attached hydrogens (tertiary/aromatic N) is 3. The molecule has 2 heterocycles. The number of rotatable bonds is 3. The van der Waals surface area contributed by atoms with Crippen molar-refractivity contribution in [1.82, 2.24) is 9.88 Å². The van der Waals surface area contributed by atoms with Crippen LogP contribution in [0.4, 0.5) is 19.0 Å². The van der Waals surface area contributed by atoms with E-state index in [-0.39, 0.29) is 12.4 Å². The zero-order chi connectivity index (χ0) is 14.8. The van der Waals surface area contributed by atoms with Gasteiger partial charge < -0.3 is 10.0 Å². The van der Waals surface area contributed by atoms with Gasteiger partial charge in [0.15, 0.2) is 0 Å². The van der Waals surface area contributed by atoms with E-state index in [0.717, 1.165) is 6.07 Å². The molecule has 0 bridgehead atoms. The first-order chi connectivity index (χ1) is 9.36. The first-order valence-corrected chi connectivity index (χ1v) is 6.09. The summed E-state index contributed by atoms with van der Waals surface area (Å²) in [4.78, 5) is 17.7. The molecule has 0 aromatic carbocycles. The van der Waals surface area contributed by atoms with E-state index in [0.29, 0.717) is 26.2 Å². The highest BCUT2D eigenvalue weighted by Crippen LogP contribution is 2.29. The smallest absolute Gasteiger partial charge is 0.433 e. The largest absolute Gasteiger partial charge is 0.480 e. The van der Waals surface area contributed by atoms with Gasteiger partial charge in [0, 0.05) is 26.2 Å². The van der Waals surface area contributed by atoms with Crippen LogP contribution in [-0.4, -0.2) is 53.7 Å². The summed E-state index contributed by atoms with van der Waals surface area (Å²) in [7, 11) is 0. The molecule has 1 aliphatic heterocycles. The lowest BCUT2D eigenvalue weighted by molar-refractivity contribution is -0.141. The van der Waals surface area contributed by atoms with Crippen molar-refractivity contribution in [3.05, 3.63) is 23.9 Å². The average Bonchev–Trinajstić information content (AvgIpc) is 2.38. The fraction of sp³-hybridized carbons (Fsp3) is 0.500. The van der Waals surface area contributed by atoms with Gasteiger partial charge in [-0.25, -0.2) is 4.98 Å². The lowest BCUT2D eigenvalue weighted by atomic mass is 10.3. The van der Waals surface area contributed by atoms with Crippen molar-refractivity contribution in [2.45, 2.75) is 6.18 Å². The molecule has 0 unspecified atom stereocenters. The fourth-order valence-electron chi connectivity index (χ4n) is 2.08. The summed E-state index contributed by atoms with van der Waals surface area (Å²) in [6, 6.07) is 3.79. The molecule has 1 fully saturated rings. The van der Waals surface area contributed by atoms with Gasteiger partial charge in [-0.1, -0.05) is 6.07 Å². The van der Waals surface area contributed by atoms with E-state index in [4.69, 9.17) is 5.11 Å². The summed E-state index contributed by atoms with van der Waals surface area (Å²) in [6.45, 7) is 1.85. The van der Waals surface area contributed by atoms with Gasteiger partial charge in [0.1, 0.15) is 11.5 Å². The van der Waals surface area contributed by atoms with Crippen molar-refractivity contribution in [3.63, 3.8) is 0 Å². The first kappa shape index (κ1) is 14.6. The van der Waals surface area contributed by atoms with Crippen molar-refractivity contribution in [2.75, 3.05) is 37.6 Å². The molecule has 0 saturated carbocycles. The van der Waals surface area contributed by atoms with Gasteiger partial charge in [0.25, 0.3) is 0 Å². The maximum absolute atomic E-state index is 12.6. The molecule has 2 rings (SSSR count). The molecule has 110 valence electrons. The molecular weight excluding hydrogens is 275 g/mol. The zero-order valence-corrected chi connectivity index (χ0v) is 10.6. The van der Waals surface area contributed by atoms with Gasteiger partial charge in [-0.2, -0.15) is 13.2 Å². The monoisotopic (exact) mass is 289 g/mol. The maximum Gasteiger partial charge on any atom is 0.433 e. The number of carboxylic acid groups (broad SMARTS) is 1. The maximum atomic E-state index is 12.6. The number of alkyl halides is 3. The van der Waals surface area contributed by atoms with E-state index in [2.05, 4.69) is 4.98 Å². The molecule has 0 spiro atoms. The molecule has 20 heavy (non-hydrogen) atoms. The Kier molecular flexibility index (Phi) is 4.12. The van der Waals surface area contributed by atoms with Gasteiger partial charge in [-0.05, 0) is 12.1 Å². The summed E-state index contributed by atoms with van der Waals surface area (Å²) in [5.74, 6) is -0.634. The fourth-order valence-corrected chi connectivity index (χ4v) is 2.08. The Bertz CT molecular complexity index is 485. The van der Waals surface area contributed by atoms with Crippen LogP contribution < -0.4 is 4.90 Å². The molecule has 1 aliphatic rings. The Labute approximate surface area is 113 Å². The van der Waals surface area contributed by atoms with Crippen molar-refractivity contribution >= 4 is 11.8 Å². The quantitative estimate of drug-likeness (QED) is 0.909. The molecule has 0 amide bonds. The molecule has 0 radical (unpaired) electrons. The first-order valence-electron chi connectivity index (χ1n) is 6.09. The number of carboxylic acids is 1. The summed E-state index contributed by atoms with van der Waals surface area (Å²) in [5, 5.41) is 8.68. The molecule has 1 aromatic rings. The van der Waals surface area contributed by atoms with Gasteiger partial charge in [-0.3, -0.25) is 9.69 Å². The third-order valence-electron chi connectivity index (χ3n) is 3.08. The number of anilines is 1. The Hall–Kier alpha value is -1.83. The third-order valence-corrected chi connectivity index (χ3v) is 3.08. The van der Waals surface area contributed by atoms with E-state index >= 15 is 0 Å². The molecule has 5 nitrogen and oxygen atoms in total. The van der Waals surface area contributed by atoms with Crippen LogP contribution in [0.15, 0.2) is 18.2 Å². The molecular formula is C12H14F3N3O2. The van der Waals surface area contributed by atoms with Gasteiger partial charge in [-0.15, -0.1) is 0 Å². The van der Waals surface area contributed by atoms with Crippen LogP contribution >= 0.6 is 0 Å². The third kappa shape index (κ3) is 3.60. The minimum Gasteiger partial charge on any atom is -0.480 e. The van der Waals surface area contributed by atoms with Crippen LogP contribution in [0.2, 0.25) is 0 Å². The molecule has 1 N–H and O–H groups in total. The molecule has 0 atom stereocenters. The van der Waals surface area contributed by atoms with E-state index in [1.54, 1.807) is 9.80 Å². The zero-order valence-electron chi connectivity index (χ0n) is 10.6. The standard InChI is InChI=1S/C12H14F3N3O2/c13-12(14,15)9-2-1-3-10(16-9)18-6-4-17(5-7-18)8-11(19)20/h1-3H,4-8H2,(H,19,20). The van der Waals surface area contributed by atoms with Gasteiger partial charge in [0.2, 0.25) is 0 Å². The number of hydrogen-bond donors (Lipinski definition) is 1. The minimum atomic E-state index is -4.46. The second kappa shape index (κ2) is 5.66. The number of aromatic nitrogens is 1. The minimum absolute atomic E-state index is 0.0517. The highest BCUT2D eigenvalue weighted by Gasteiger charge is 2.33. The highest BCUT2D eigenvalue weighted by molar-refractivity contribution is 5.69.